The lowest BCUT2D eigenvalue weighted by Gasteiger charge is -2.32. The molecule has 0 spiro atoms. The summed E-state index contributed by atoms with van der Waals surface area (Å²) in [6.45, 7) is 8.17. The topological polar surface area (TPSA) is 38.7 Å². The summed E-state index contributed by atoms with van der Waals surface area (Å²) in [5, 5.41) is 10.1. The molecule has 0 saturated carbocycles. The zero-order valence-electron chi connectivity index (χ0n) is 12.2. The molecule has 1 unspecified atom stereocenters. The van der Waals surface area contributed by atoms with Gasteiger partial charge in [0.05, 0.1) is 17.3 Å². The van der Waals surface area contributed by atoms with Crippen LogP contribution in [0.1, 0.15) is 45.8 Å². The van der Waals surface area contributed by atoms with Gasteiger partial charge in [0.15, 0.2) is 0 Å². The average Bonchev–Trinajstić information content (AvgIpc) is 2.56. The molecular formula is C15H23BO3. The number of rotatable bonds is 4. The largest absolute Gasteiger partial charge is 0.457 e. The number of aliphatic hydroxyl groups is 1. The van der Waals surface area contributed by atoms with Crippen LogP contribution >= 0.6 is 0 Å². The molecule has 1 N–H and O–H groups in total. The minimum Gasteiger partial charge on any atom is -0.403 e. The third kappa shape index (κ3) is 3.19. The molecule has 0 radical (unpaired) electrons. The van der Waals surface area contributed by atoms with Gasteiger partial charge in [-0.1, -0.05) is 30.3 Å². The Hall–Kier alpha value is -0.835. The van der Waals surface area contributed by atoms with E-state index in [2.05, 4.69) is 0 Å². The Kier molecular flexibility index (Phi) is 4.04. The molecule has 1 atom stereocenters. The fourth-order valence-corrected chi connectivity index (χ4v) is 2.22. The van der Waals surface area contributed by atoms with E-state index in [1.807, 2.05) is 58.0 Å². The van der Waals surface area contributed by atoms with Gasteiger partial charge in [-0.2, -0.15) is 0 Å². The van der Waals surface area contributed by atoms with Gasteiger partial charge in [0.25, 0.3) is 0 Å². The van der Waals surface area contributed by atoms with E-state index in [1.165, 1.54) is 0 Å². The molecule has 0 amide bonds. The molecule has 1 aromatic carbocycles. The van der Waals surface area contributed by atoms with E-state index < -0.39 is 6.10 Å². The monoisotopic (exact) mass is 262 g/mol. The second-order valence-corrected chi connectivity index (χ2v) is 6.19. The summed E-state index contributed by atoms with van der Waals surface area (Å²) in [4.78, 5) is 0. The van der Waals surface area contributed by atoms with Crippen LogP contribution in [-0.2, 0) is 9.31 Å². The van der Waals surface area contributed by atoms with E-state index in [0.29, 0.717) is 12.7 Å². The molecule has 1 aliphatic heterocycles. The van der Waals surface area contributed by atoms with Crippen molar-refractivity contribution < 1.29 is 14.4 Å². The zero-order valence-corrected chi connectivity index (χ0v) is 12.2. The molecule has 0 aliphatic carbocycles. The Balaban J connectivity index is 1.88. The smallest absolute Gasteiger partial charge is 0.403 e. The van der Waals surface area contributed by atoms with Gasteiger partial charge >= 0.3 is 7.12 Å². The van der Waals surface area contributed by atoms with E-state index in [1.54, 1.807) is 0 Å². The Morgan fingerprint density at radius 2 is 1.58 bits per heavy atom. The van der Waals surface area contributed by atoms with Crippen LogP contribution < -0.4 is 0 Å². The van der Waals surface area contributed by atoms with Gasteiger partial charge < -0.3 is 14.4 Å². The van der Waals surface area contributed by atoms with Crippen molar-refractivity contribution >= 4 is 7.12 Å². The van der Waals surface area contributed by atoms with Crippen molar-refractivity contribution in [3.63, 3.8) is 0 Å². The molecule has 1 aliphatic rings. The molecule has 19 heavy (non-hydrogen) atoms. The maximum atomic E-state index is 10.1. The number of hydrogen-bond acceptors (Lipinski definition) is 3. The molecule has 104 valence electrons. The van der Waals surface area contributed by atoms with Crippen LogP contribution in [0.3, 0.4) is 0 Å². The van der Waals surface area contributed by atoms with Gasteiger partial charge in [0.1, 0.15) is 0 Å². The molecule has 3 nitrogen and oxygen atoms in total. The van der Waals surface area contributed by atoms with Gasteiger partial charge in [-0.05, 0) is 46.0 Å². The molecule has 1 aromatic rings. The van der Waals surface area contributed by atoms with Gasteiger partial charge in [-0.3, -0.25) is 0 Å². The van der Waals surface area contributed by atoms with Crippen molar-refractivity contribution in [2.24, 2.45) is 0 Å². The van der Waals surface area contributed by atoms with E-state index in [0.717, 1.165) is 5.56 Å². The number of hydrogen-bond donors (Lipinski definition) is 1. The summed E-state index contributed by atoms with van der Waals surface area (Å²) >= 11 is 0. The van der Waals surface area contributed by atoms with Crippen LogP contribution in [0.25, 0.3) is 0 Å². The van der Waals surface area contributed by atoms with Crippen molar-refractivity contribution in [1.82, 2.24) is 0 Å². The highest BCUT2D eigenvalue weighted by atomic mass is 16.7. The van der Waals surface area contributed by atoms with Crippen LogP contribution in [0.5, 0.6) is 0 Å². The first-order valence-electron chi connectivity index (χ1n) is 6.90. The van der Waals surface area contributed by atoms with Crippen molar-refractivity contribution in [3.05, 3.63) is 35.9 Å². The standard InChI is InChI=1S/C15H23BO3/c1-14(2)15(3,4)19-16(18-14)11-10-13(17)12-8-6-5-7-9-12/h5-9,13,17H,10-11H2,1-4H3. The van der Waals surface area contributed by atoms with E-state index in [9.17, 15) is 5.11 Å². The second kappa shape index (κ2) is 5.27. The molecule has 0 aromatic heterocycles. The maximum Gasteiger partial charge on any atom is 0.457 e. The number of benzene rings is 1. The Labute approximate surface area is 116 Å². The molecule has 1 heterocycles. The van der Waals surface area contributed by atoms with Crippen molar-refractivity contribution in [2.75, 3.05) is 0 Å². The lowest BCUT2D eigenvalue weighted by molar-refractivity contribution is 0.00578. The second-order valence-electron chi connectivity index (χ2n) is 6.19. The highest BCUT2D eigenvalue weighted by molar-refractivity contribution is 6.45. The van der Waals surface area contributed by atoms with Gasteiger partial charge in [0, 0.05) is 0 Å². The van der Waals surface area contributed by atoms with E-state index in [-0.39, 0.29) is 18.3 Å². The highest BCUT2D eigenvalue weighted by Gasteiger charge is 2.50. The highest BCUT2D eigenvalue weighted by Crippen LogP contribution is 2.38. The zero-order chi connectivity index (χ0) is 14.1. The van der Waals surface area contributed by atoms with E-state index >= 15 is 0 Å². The third-order valence-electron chi connectivity index (χ3n) is 4.16. The summed E-state index contributed by atoms with van der Waals surface area (Å²) in [5.41, 5.74) is 0.351. The fourth-order valence-electron chi connectivity index (χ4n) is 2.22. The first-order chi connectivity index (χ1) is 8.82. The van der Waals surface area contributed by atoms with E-state index in [4.69, 9.17) is 9.31 Å². The number of aliphatic hydroxyl groups excluding tert-OH is 1. The molecule has 2 rings (SSSR count). The molecular weight excluding hydrogens is 239 g/mol. The summed E-state index contributed by atoms with van der Waals surface area (Å²) in [6.07, 6.45) is 0.879. The molecule has 1 saturated heterocycles. The third-order valence-corrected chi connectivity index (χ3v) is 4.16. The van der Waals surface area contributed by atoms with Crippen LogP contribution in [0.15, 0.2) is 30.3 Å². The van der Waals surface area contributed by atoms with Gasteiger partial charge in [0.2, 0.25) is 0 Å². The van der Waals surface area contributed by atoms with Gasteiger partial charge in [-0.25, -0.2) is 0 Å². The SMILES string of the molecule is CC1(C)OB(CCC(O)c2ccccc2)OC1(C)C. The summed E-state index contributed by atoms with van der Waals surface area (Å²) in [6, 6.07) is 9.70. The van der Waals surface area contributed by atoms with Crippen LogP contribution in [0.2, 0.25) is 6.32 Å². The molecule has 1 fully saturated rings. The lowest BCUT2D eigenvalue weighted by atomic mass is 9.81. The summed E-state index contributed by atoms with van der Waals surface area (Å²) in [5.74, 6) is 0. The predicted octanol–water partition coefficient (Wildman–Crippen LogP) is 3.20. The van der Waals surface area contributed by atoms with Crippen molar-refractivity contribution in [2.45, 2.75) is 57.7 Å². The molecule has 0 bridgehead atoms. The fraction of sp³-hybridized carbons (Fsp3) is 0.600. The first kappa shape index (κ1) is 14.6. The quantitative estimate of drug-likeness (QED) is 0.847. The van der Waals surface area contributed by atoms with Gasteiger partial charge in [-0.15, -0.1) is 0 Å². The lowest BCUT2D eigenvalue weighted by Crippen LogP contribution is -2.41. The molecule has 4 heteroatoms. The Morgan fingerprint density at radius 1 is 1.05 bits per heavy atom. The first-order valence-corrected chi connectivity index (χ1v) is 6.90. The summed E-state index contributed by atoms with van der Waals surface area (Å²) < 4.78 is 11.8. The summed E-state index contributed by atoms with van der Waals surface area (Å²) in [7, 11) is -0.233. The van der Waals surface area contributed by atoms with Crippen molar-refractivity contribution in [1.29, 1.82) is 0 Å². The van der Waals surface area contributed by atoms with Crippen LogP contribution in [0.4, 0.5) is 0 Å². The van der Waals surface area contributed by atoms with Crippen LogP contribution in [0, 0.1) is 0 Å². The minimum absolute atomic E-state index is 0.233. The van der Waals surface area contributed by atoms with Crippen LogP contribution in [-0.4, -0.2) is 23.4 Å². The Morgan fingerprint density at radius 3 is 2.11 bits per heavy atom. The van der Waals surface area contributed by atoms with Crippen molar-refractivity contribution in [3.8, 4) is 0 Å². The normalized spacial score (nSPS) is 22.5. The minimum atomic E-state index is -0.458. The Bertz CT molecular complexity index is 401. The average molecular weight is 262 g/mol. The predicted molar refractivity (Wildman–Crippen MR) is 76.9 cm³/mol. The maximum absolute atomic E-state index is 10.1.